The summed E-state index contributed by atoms with van der Waals surface area (Å²) in [5, 5.41) is 39.9. The van der Waals surface area contributed by atoms with Gasteiger partial charge in [0.1, 0.15) is 23.9 Å². The number of nitrogens with zero attached hydrogens (tertiary/aromatic N) is 6. The number of cyclic esters (lactones) is 1. The Labute approximate surface area is 366 Å². The van der Waals surface area contributed by atoms with Crippen LogP contribution < -0.4 is 16.0 Å². The summed E-state index contributed by atoms with van der Waals surface area (Å²) in [6, 6.07) is 11.5. The van der Waals surface area contributed by atoms with E-state index in [2.05, 4.69) is 14.8 Å². The number of nitrogens with one attached hydrogen (secondary N) is 1. The number of esters is 1. The quantitative estimate of drug-likeness (QED) is 0.0886. The second-order valence-electron chi connectivity index (χ2n) is 16.8. The summed E-state index contributed by atoms with van der Waals surface area (Å²) in [6.07, 6.45) is 6.50. The molecule has 0 saturated heterocycles. The summed E-state index contributed by atoms with van der Waals surface area (Å²) in [5.74, 6) is -0.359. The van der Waals surface area contributed by atoms with Crippen molar-refractivity contribution in [2.45, 2.75) is 84.2 Å². The Balaban J connectivity index is 0.813. The number of carbonyl (C=O) groups is 2. The first-order valence-electron chi connectivity index (χ1n) is 21.4. The average molecular weight is 872 g/mol. The number of fused-ring (bicyclic) bond motifs is 6. The van der Waals surface area contributed by atoms with Crippen LogP contribution in [-0.4, -0.2) is 88.0 Å². The van der Waals surface area contributed by atoms with Crippen molar-refractivity contribution in [1.29, 1.82) is 0 Å². The van der Waals surface area contributed by atoms with Crippen LogP contribution in [-0.2, 0) is 52.4 Å². The number of allylic oxidation sites excluding steroid dienone is 1. The maximum Gasteiger partial charge on any atom is 0.415 e. The molecule has 64 heavy (non-hydrogen) atoms. The predicted molar refractivity (Wildman–Crippen MR) is 235 cm³/mol. The molecule has 0 fully saturated rings. The molecule has 0 bridgehead atoms. The third-order valence-corrected chi connectivity index (χ3v) is 12.7. The van der Waals surface area contributed by atoms with Crippen molar-refractivity contribution in [1.82, 2.24) is 33.8 Å². The molecular weight excluding hydrogens is 823 g/mol. The zero-order valence-electron chi connectivity index (χ0n) is 36.2. The largest absolute Gasteiger partial charge is 0.508 e. The summed E-state index contributed by atoms with van der Waals surface area (Å²) < 4.78 is 22.1. The Morgan fingerprint density at radius 1 is 1.06 bits per heavy atom. The van der Waals surface area contributed by atoms with Crippen LogP contribution in [0.4, 0.5) is 4.79 Å². The van der Waals surface area contributed by atoms with Gasteiger partial charge in [0, 0.05) is 54.6 Å². The Morgan fingerprint density at radius 2 is 1.88 bits per heavy atom. The van der Waals surface area contributed by atoms with E-state index < -0.39 is 23.4 Å². The molecule has 6 heterocycles. The second-order valence-corrected chi connectivity index (χ2v) is 16.8. The lowest BCUT2D eigenvalue weighted by Crippen LogP contribution is -2.44. The fourth-order valence-electron chi connectivity index (χ4n) is 9.16. The molecule has 0 saturated carbocycles. The minimum Gasteiger partial charge on any atom is -0.508 e. The Bertz CT molecular complexity index is 3030. The fourth-order valence-corrected chi connectivity index (χ4v) is 9.16. The minimum absolute atomic E-state index is 0.0155. The number of carbonyl (C=O) groups excluding carboxylic acids is 2. The first-order chi connectivity index (χ1) is 30.7. The first kappa shape index (κ1) is 42.3. The van der Waals surface area contributed by atoms with Crippen molar-refractivity contribution in [2.24, 2.45) is 0 Å². The molecule has 3 aliphatic rings. The second kappa shape index (κ2) is 16.3. The molecule has 332 valence electrons. The molecule has 6 aromatic rings. The molecular formula is C47H49N7O10. The van der Waals surface area contributed by atoms with Crippen molar-refractivity contribution in [3.63, 3.8) is 0 Å². The van der Waals surface area contributed by atoms with Gasteiger partial charge in [0.05, 0.1) is 53.8 Å². The molecule has 2 aliphatic heterocycles. The van der Waals surface area contributed by atoms with E-state index >= 15 is 0 Å². The summed E-state index contributed by atoms with van der Waals surface area (Å²) in [5.41, 5.74) is 4.48. The highest BCUT2D eigenvalue weighted by Crippen LogP contribution is 2.42. The Hall–Kier alpha value is -6.98. The molecule has 1 amide bonds. The summed E-state index contributed by atoms with van der Waals surface area (Å²) in [4.78, 5) is 58.9. The fraction of sp³-hybridized carbons (Fsp3) is 0.362. The van der Waals surface area contributed by atoms with Crippen LogP contribution in [0.1, 0.15) is 85.2 Å². The van der Waals surface area contributed by atoms with E-state index in [0.717, 1.165) is 27.8 Å². The van der Waals surface area contributed by atoms with Gasteiger partial charge in [-0.3, -0.25) is 9.36 Å². The molecule has 17 nitrogen and oxygen atoms in total. The lowest BCUT2D eigenvalue weighted by molar-refractivity contribution is -0.172. The standard InChI is InChI=1S/C47H49N7O10/c1-6-29-31-19-28(9-10-36(31)48-41-33(29)23-53-38(41)21-35-34(43(53)57)24-63-44(58)47(35,61)7-2)64-46(60)51(5)14-16-62-17-15-52-13-12-26-18-27(8-11-37(26)52)54-42(49-50-45(54)59)32-20-30(25(3)4)39(55)22-40(32)56/h8-13,19-22,25,27,55-56,61H,6-7,14-18,23-24H2,1-5H3,(H,50,59). The number of aryl methyl sites for hydroxylation is 1. The van der Waals surface area contributed by atoms with E-state index in [1.165, 1.54) is 15.5 Å². The number of likely N-dealkylation sites (N-methyl/N-ethyl adjacent to an activating group) is 1. The number of pyridine rings is 2. The van der Waals surface area contributed by atoms with Crippen molar-refractivity contribution in [2.75, 3.05) is 26.8 Å². The maximum atomic E-state index is 13.7. The van der Waals surface area contributed by atoms with Crippen molar-refractivity contribution in [3.8, 4) is 40.0 Å². The number of rotatable bonds is 12. The summed E-state index contributed by atoms with van der Waals surface area (Å²) in [7, 11) is 1.64. The topological polar surface area (TPSA) is 216 Å². The highest BCUT2D eigenvalue weighted by Gasteiger charge is 2.45. The van der Waals surface area contributed by atoms with Gasteiger partial charge in [-0.05, 0) is 84.3 Å². The van der Waals surface area contributed by atoms with E-state index in [1.807, 2.05) is 45.2 Å². The zero-order chi connectivity index (χ0) is 45.2. The van der Waals surface area contributed by atoms with Gasteiger partial charge in [-0.1, -0.05) is 33.8 Å². The number of aromatic amines is 1. The van der Waals surface area contributed by atoms with Gasteiger partial charge in [0.2, 0.25) is 0 Å². The number of aliphatic hydroxyl groups is 1. The van der Waals surface area contributed by atoms with Crippen LogP contribution >= 0.6 is 0 Å². The van der Waals surface area contributed by atoms with Gasteiger partial charge < -0.3 is 43.6 Å². The Morgan fingerprint density at radius 3 is 2.64 bits per heavy atom. The van der Waals surface area contributed by atoms with Crippen LogP contribution in [0.2, 0.25) is 0 Å². The third kappa shape index (κ3) is 7.04. The normalized spacial score (nSPS) is 17.3. The van der Waals surface area contributed by atoms with Crippen molar-refractivity contribution < 1.29 is 39.1 Å². The van der Waals surface area contributed by atoms with Gasteiger partial charge >= 0.3 is 17.8 Å². The molecule has 4 aromatic heterocycles. The van der Waals surface area contributed by atoms with Crippen LogP contribution in [0.5, 0.6) is 17.2 Å². The lowest BCUT2D eigenvalue weighted by Gasteiger charge is -2.31. The predicted octanol–water partition coefficient (Wildman–Crippen LogP) is 5.49. The molecule has 17 heteroatoms. The SMILES string of the molecule is CCc1c2c(nc3ccc(OC(=O)N(C)CCOCCn4ccc5c4C=CC(n4c(-c6cc(C(C)C)c(O)cc6O)n[nH]c4=O)C5)cc13)-c1cc3c(c(=O)n1C2)COC(=O)C3(O)CC. The van der Waals surface area contributed by atoms with E-state index in [0.29, 0.717) is 59.8 Å². The number of hydrogen-bond acceptors (Lipinski definition) is 12. The number of aromatic hydroxyl groups is 2. The van der Waals surface area contributed by atoms with Gasteiger partial charge in [-0.25, -0.2) is 24.5 Å². The molecule has 0 radical (unpaired) electrons. The first-order valence-corrected chi connectivity index (χ1v) is 21.4. The van der Waals surface area contributed by atoms with Gasteiger partial charge in [0.15, 0.2) is 11.4 Å². The number of hydrogen-bond donors (Lipinski definition) is 4. The number of aromatic nitrogens is 6. The number of H-pyrrole nitrogens is 1. The van der Waals surface area contributed by atoms with Crippen molar-refractivity contribution >= 4 is 29.0 Å². The smallest absolute Gasteiger partial charge is 0.415 e. The molecule has 2 atom stereocenters. The van der Waals surface area contributed by atoms with Crippen LogP contribution in [0.15, 0.2) is 64.3 Å². The highest BCUT2D eigenvalue weighted by atomic mass is 16.6. The number of ether oxygens (including phenoxy) is 3. The molecule has 2 unspecified atom stereocenters. The van der Waals surface area contributed by atoms with Crippen LogP contribution in [0.25, 0.3) is 39.8 Å². The third-order valence-electron chi connectivity index (χ3n) is 12.7. The number of phenolic OH excluding ortho intramolecular Hbond substituents is 2. The summed E-state index contributed by atoms with van der Waals surface area (Å²) >= 11 is 0. The van der Waals surface area contributed by atoms with E-state index in [1.54, 1.807) is 48.9 Å². The summed E-state index contributed by atoms with van der Waals surface area (Å²) in [6.45, 7) is 9.10. The molecule has 2 aromatic carbocycles. The lowest BCUT2D eigenvalue weighted by atomic mass is 9.86. The number of benzene rings is 2. The van der Waals surface area contributed by atoms with Gasteiger partial charge in [-0.15, -0.1) is 0 Å². The zero-order valence-corrected chi connectivity index (χ0v) is 36.2. The van der Waals surface area contributed by atoms with Crippen LogP contribution in [0.3, 0.4) is 0 Å². The van der Waals surface area contributed by atoms with Crippen LogP contribution in [0, 0.1) is 0 Å². The highest BCUT2D eigenvalue weighted by molar-refractivity contribution is 5.90. The van der Waals surface area contributed by atoms with E-state index in [9.17, 15) is 34.5 Å². The maximum absolute atomic E-state index is 13.7. The molecule has 1 aliphatic carbocycles. The van der Waals surface area contributed by atoms with E-state index in [4.69, 9.17) is 19.2 Å². The monoisotopic (exact) mass is 871 g/mol. The van der Waals surface area contributed by atoms with E-state index in [-0.39, 0.29) is 78.7 Å². The minimum atomic E-state index is -1.91. The molecule has 9 rings (SSSR count). The Kier molecular flexibility index (Phi) is 10.8. The van der Waals surface area contributed by atoms with Gasteiger partial charge in [0.25, 0.3) is 5.56 Å². The van der Waals surface area contributed by atoms with Gasteiger partial charge in [-0.2, -0.15) is 5.10 Å². The molecule has 0 spiro atoms. The van der Waals surface area contributed by atoms with Crippen molar-refractivity contribution in [3.05, 3.63) is 115 Å². The number of phenols is 2. The average Bonchev–Trinajstić information content (AvgIpc) is 3.98. The molecule has 4 N–H and O–H groups in total. The number of amides is 1.